The maximum Gasteiger partial charge on any atom is 0.255 e. The quantitative estimate of drug-likeness (QED) is 0.560. The van der Waals surface area contributed by atoms with E-state index in [4.69, 9.17) is 11.6 Å². The molecule has 3 N–H and O–H groups in total. The predicted octanol–water partition coefficient (Wildman–Crippen LogP) is 4.65. The third-order valence-corrected chi connectivity index (χ3v) is 7.22. The van der Waals surface area contributed by atoms with Gasteiger partial charge in [0.05, 0.1) is 0 Å². The lowest BCUT2D eigenvalue weighted by atomic mass is 9.80. The number of nitrogens with one attached hydrogen (secondary N) is 3. The van der Waals surface area contributed by atoms with Gasteiger partial charge in [-0.1, -0.05) is 35.4 Å². The van der Waals surface area contributed by atoms with Crippen molar-refractivity contribution in [1.82, 2.24) is 10.6 Å². The summed E-state index contributed by atoms with van der Waals surface area (Å²) in [6.45, 7) is 1.94. The number of carbonyl (C=O) groups is 2. The van der Waals surface area contributed by atoms with E-state index in [0.29, 0.717) is 28.6 Å². The Labute approximate surface area is 197 Å². The molecule has 2 aromatic carbocycles. The van der Waals surface area contributed by atoms with Crippen LogP contribution in [0.4, 0.5) is 10.1 Å². The molecule has 0 spiro atoms. The van der Waals surface area contributed by atoms with Crippen LogP contribution in [0.1, 0.15) is 47.5 Å². The molecule has 0 saturated heterocycles. The van der Waals surface area contributed by atoms with Gasteiger partial charge in [0.1, 0.15) is 5.82 Å². The first-order valence-corrected chi connectivity index (χ1v) is 11.9. The molecule has 1 heterocycles. The van der Waals surface area contributed by atoms with Crippen LogP contribution in [0.15, 0.2) is 54.1 Å². The van der Waals surface area contributed by atoms with Gasteiger partial charge in [-0.15, -0.1) is 0 Å². The van der Waals surface area contributed by atoms with Crippen molar-refractivity contribution in [2.24, 2.45) is 11.8 Å². The first kappa shape index (κ1) is 22.1. The Kier molecular flexibility index (Phi) is 6.21. The van der Waals surface area contributed by atoms with Crippen molar-refractivity contribution in [2.75, 3.05) is 18.4 Å². The second kappa shape index (κ2) is 9.27. The highest BCUT2D eigenvalue weighted by Gasteiger charge is 2.46. The molecule has 5 nitrogen and oxygen atoms in total. The Morgan fingerprint density at radius 2 is 2.00 bits per heavy atom. The summed E-state index contributed by atoms with van der Waals surface area (Å²) in [6.07, 6.45) is 5.88. The Morgan fingerprint density at radius 1 is 1.12 bits per heavy atom. The second-order valence-corrected chi connectivity index (χ2v) is 9.71. The first-order chi connectivity index (χ1) is 16.0. The molecule has 2 amide bonds. The van der Waals surface area contributed by atoms with Gasteiger partial charge in [0.15, 0.2) is 0 Å². The number of anilines is 1. The van der Waals surface area contributed by atoms with Gasteiger partial charge in [0.25, 0.3) is 5.91 Å². The van der Waals surface area contributed by atoms with Crippen molar-refractivity contribution in [2.45, 2.75) is 37.6 Å². The monoisotopic (exact) mass is 467 g/mol. The lowest BCUT2D eigenvalue weighted by Gasteiger charge is -2.34. The average molecular weight is 468 g/mol. The van der Waals surface area contributed by atoms with E-state index in [1.54, 1.807) is 36.4 Å². The predicted molar refractivity (Wildman–Crippen MR) is 127 cm³/mol. The summed E-state index contributed by atoms with van der Waals surface area (Å²) >= 11 is 5.94. The summed E-state index contributed by atoms with van der Waals surface area (Å²) in [5, 5.41) is 9.82. The molecular formula is C26H27ClFN3O2. The van der Waals surface area contributed by atoms with E-state index < -0.39 is 11.7 Å². The van der Waals surface area contributed by atoms with Gasteiger partial charge in [-0.25, -0.2) is 4.39 Å². The largest absolute Gasteiger partial charge is 0.353 e. The Bertz CT molecular complexity index is 1120. The molecule has 172 valence electrons. The van der Waals surface area contributed by atoms with Gasteiger partial charge in [0.2, 0.25) is 5.91 Å². The zero-order valence-corrected chi connectivity index (χ0v) is 19.0. The Balaban J connectivity index is 1.18. The minimum Gasteiger partial charge on any atom is -0.353 e. The number of fused-ring (bicyclic) bond motifs is 1. The number of halogens is 2. The van der Waals surface area contributed by atoms with E-state index >= 15 is 0 Å². The zero-order valence-electron chi connectivity index (χ0n) is 18.2. The minimum absolute atomic E-state index is 0.0140. The zero-order chi connectivity index (χ0) is 22.9. The molecule has 3 aliphatic rings. The maximum absolute atomic E-state index is 14.8. The summed E-state index contributed by atoms with van der Waals surface area (Å²) in [6, 6.07) is 11.4. The van der Waals surface area contributed by atoms with Crippen molar-refractivity contribution in [3.8, 4) is 0 Å². The van der Waals surface area contributed by atoms with Crippen molar-refractivity contribution in [1.29, 1.82) is 0 Å². The minimum atomic E-state index is -0.450. The molecule has 2 aliphatic carbocycles. The molecule has 2 fully saturated rings. The number of hydrogen-bond donors (Lipinski definition) is 3. The van der Waals surface area contributed by atoms with E-state index in [0.717, 1.165) is 32.4 Å². The number of rotatable bonds is 5. The Hall–Kier alpha value is -2.70. The standard InChI is InChI=1S/C26H27ClFN3O2/c27-18-2-1-3-19(12-18)30-25(32)16-5-7-21(24(28)11-16)22-13-23(22)26(33)31-20-6-4-17-14-29-9-8-15(17)10-20/h1-3,5,7-8,11-12,17,20,22-23,29H,4,6,9-10,13-14H2,(H,30,32)(H,31,33). The van der Waals surface area contributed by atoms with Crippen molar-refractivity contribution in [3.05, 3.63) is 76.1 Å². The summed E-state index contributed by atoms with van der Waals surface area (Å²) in [5.74, 6) is -0.579. The summed E-state index contributed by atoms with van der Waals surface area (Å²) < 4.78 is 14.8. The fraction of sp³-hybridized carbons (Fsp3) is 0.385. The molecular weight excluding hydrogens is 441 g/mol. The SMILES string of the molecule is O=C(Nc1cccc(Cl)c1)c1ccc(C2CC2C(=O)NC2CCC3CNCC=C3C2)c(F)c1. The normalized spacial score (nSPS) is 26.1. The smallest absolute Gasteiger partial charge is 0.255 e. The number of hydrogen-bond acceptors (Lipinski definition) is 3. The van der Waals surface area contributed by atoms with Crippen LogP contribution in [-0.2, 0) is 4.79 Å². The summed E-state index contributed by atoms with van der Waals surface area (Å²) in [5.41, 5.74) is 2.73. The third kappa shape index (κ3) is 4.97. The van der Waals surface area contributed by atoms with Crippen LogP contribution < -0.4 is 16.0 Å². The number of benzene rings is 2. The van der Waals surface area contributed by atoms with E-state index in [1.807, 2.05) is 0 Å². The molecule has 5 rings (SSSR count). The molecule has 2 aromatic rings. The fourth-order valence-electron chi connectivity index (χ4n) is 5.08. The van der Waals surface area contributed by atoms with Crippen LogP contribution in [0.5, 0.6) is 0 Å². The fourth-order valence-corrected chi connectivity index (χ4v) is 5.27. The van der Waals surface area contributed by atoms with Gasteiger partial charge in [-0.3, -0.25) is 9.59 Å². The molecule has 4 atom stereocenters. The van der Waals surface area contributed by atoms with Crippen LogP contribution in [0, 0.1) is 17.7 Å². The maximum atomic E-state index is 14.8. The van der Waals surface area contributed by atoms with E-state index in [2.05, 4.69) is 22.0 Å². The van der Waals surface area contributed by atoms with Crippen LogP contribution >= 0.6 is 11.6 Å². The summed E-state index contributed by atoms with van der Waals surface area (Å²) in [4.78, 5) is 25.3. The molecule has 0 bridgehead atoms. The van der Waals surface area contributed by atoms with Gasteiger partial charge in [-0.2, -0.15) is 0 Å². The van der Waals surface area contributed by atoms with Crippen LogP contribution in [-0.4, -0.2) is 30.9 Å². The summed E-state index contributed by atoms with van der Waals surface area (Å²) in [7, 11) is 0. The van der Waals surface area contributed by atoms with Crippen LogP contribution in [0.3, 0.4) is 0 Å². The Morgan fingerprint density at radius 3 is 2.82 bits per heavy atom. The average Bonchev–Trinajstić information content (AvgIpc) is 3.60. The van der Waals surface area contributed by atoms with Crippen molar-refractivity contribution < 1.29 is 14.0 Å². The molecule has 4 unspecified atom stereocenters. The van der Waals surface area contributed by atoms with Gasteiger partial charge in [-0.05, 0) is 73.4 Å². The number of amides is 2. The topological polar surface area (TPSA) is 70.2 Å². The lowest BCUT2D eigenvalue weighted by molar-refractivity contribution is -0.123. The van der Waals surface area contributed by atoms with Crippen LogP contribution in [0.2, 0.25) is 5.02 Å². The highest BCUT2D eigenvalue weighted by atomic mass is 35.5. The van der Waals surface area contributed by atoms with Gasteiger partial charge in [0, 0.05) is 41.3 Å². The lowest BCUT2D eigenvalue weighted by Crippen LogP contribution is -2.42. The van der Waals surface area contributed by atoms with E-state index in [9.17, 15) is 14.0 Å². The molecule has 7 heteroatoms. The van der Waals surface area contributed by atoms with Crippen molar-refractivity contribution in [3.63, 3.8) is 0 Å². The molecule has 1 aliphatic heterocycles. The van der Waals surface area contributed by atoms with E-state index in [1.165, 1.54) is 11.6 Å². The van der Waals surface area contributed by atoms with Crippen LogP contribution in [0.25, 0.3) is 0 Å². The van der Waals surface area contributed by atoms with E-state index in [-0.39, 0.29) is 29.3 Å². The van der Waals surface area contributed by atoms with Crippen molar-refractivity contribution >= 4 is 29.1 Å². The number of carbonyl (C=O) groups excluding carboxylic acids is 2. The second-order valence-electron chi connectivity index (χ2n) is 9.27. The molecule has 0 aromatic heterocycles. The highest BCUT2D eigenvalue weighted by Crippen LogP contribution is 2.48. The first-order valence-electron chi connectivity index (χ1n) is 11.5. The molecule has 0 radical (unpaired) electrons. The molecule has 2 saturated carbocycles. The van der Waals surface area contributed by atoms with Gasteiger partial charge >= 0.3 is 0 Å². The van der Waals surface area contributed by atoms with Gasteiger partial charge < -0.3 is 16.0 Å². The highest BCUT2D eigenvalue weighted by molar-refractivity contribution is 6.31. The third-order valence-electron chi connectivity index (χ3n) is 6.99. The molecule has 33 heavy (non-hydrogen) atoms.